The molecule has 8 heteroatoms. The number of benzene rings is 1. The summed E-state index contributed by atoms with van der Waals surface area (Å²) in [7, 11) is -3.29. The predicted octanol–water partition coefficient (Wildman–Crippen LogP) is 1.93. The minimum Gasteiger partial charge on any atom is -0.503 e. The molecule has 3 rings (SSSR count). The van der Waals surface area contributed by atoms with E-state index < -0.39 is 51.1 Å². The van der Waals surface area contributed by atoms with Gasteiger partial charge in [0, 0.05) is 12.0 Å². The molecule has 2 heterocycles. The summed E-state index contributed by atoms with van der Waals surface area (Å²) in [6.07, 6.45) is 0.219. The third kappa shape index (κ3) is 3.13. The Morgan fingerprint density at radius 1 is 1.35 bits per heavy atom. The summed E-state index contributed by atoms with van der Waals surface area (Å²) in [6, 6.07) is 3.78. The fourth-order valence-corrected chi connectivity index (χ4v) is 5.27. The molecule has 0 saturated carbocycles. The molecular weight excluding hydrogens is 361 g/mol. The molecule has 1 fully saturated rings. The van der Waals surface area contributed by atoms with Gasteiger partial charge in [-0.1, -0.05) is 26.0 Å². The van der Waals surface area contributed by atoms with E-state index >= 15 is 0 Å². The molecule has 2 atom stereocenters. The van der Waals surface area contributed by atoms with Crippen molar-refractivity contribution < 1.29 is 27.5 Å². The molecule has 2 aliphatic heterocycles. The smallest absolute Gasteiger partial charge is 0.290 e. The van der Waals surface area contributed by atoms with E-state index in [1.54, 1.807) is 19.9 Å². The third-order valence-electron chi connectivity index (χ3n) is 4.80. The highest BCUT2D eigenvalue weighted by atomic mass is 32.2. The first kappa shape index (κ1) is 18.6. The Bertz CT molecular complexity index is 906. The molecule has 1 aromatic carbocycles. The molecule has 1 N–H and O–H groups in total. The van der Waals surface area contributed by atoms with Crippen molar-refractivity contribution in [1.82, 2.24) is 4.90 Å². The van der Waals surface area contributed by atoms with Crippen LogP contribution in [0.15, 0.2) is 35.6 Å². The monoisotopic (exact) mass is 381 g/mol. The maximum absolute atomic E-state index is 13.8. The number of ketones is 1. The average Bonchev–Trinajstić information content (AvgIpc) is 3.04. The number of aliphatic hydroxyl groups is 1. The second-order valence-corrected chi connectivity index (χ2v) is 9.24. The zero-order valence-electron chi connectivity index (χ0n) is 14.5. The molecule has 140 valence electrons. The normalized spacial score (nSPS) is 25.4. The van der Waals surface area contributed by atoms with Gasteiger partial charge < -0.3 is 10.0 Å². The van der Waals surface area contributed by atoms with E-state index in [0.717, 1.165) is 0 Å². The number of amides is 1. The van der Waals surface area contributed by atoms with Gasteiger partial charge in [0.2, 0.25) is 0 Å². The van der Waals surface area contributed by atoms with E-state index in [1.807, 2.05) is 0 Å². The molecule has 0 aromatic heterocycles. The minimum absolute atomic E-state index is 0.0639. The van der Waals surface area contributed by atoms with Gasteiger partial charge in [-0.2, -0.15) is 0 Å². The Kier molecular flexibility index (Phi) is 4.64. The molecule has 6 nitrogen and oxygen atoms in total. The number of halogens is 1. The van der Waals surface area contributed by atoms with Crippen LogP contribution < -0.4 is 0 Å². The average molecular weight is 381 g/mol. The third-order valence-corrected chi connectivity index (χ3v) is 6.55. The van der Waals surface area contributed by atoms with Crippen molar-refractivity contribution in [3.8, 4) is 0 Å². The summed E-state index contributed by atoms with van der Waals surface area (Å²) in [4.78, 5) is 26.6. The van der Waals surface area contributed by atoms with E-state index in [1.165, 1.54) is 23.1 Å². The highest BCUT2D eigenvalue weighted by molar-refractivity contribution is 7.91. The molecule has 1 amide bonds. The number of carbonyl (C=O) groups is 2. The number of carbonyl (C=O) groups excluding carboxylic acids is 2. The van der Waals surface area contributed by atoms with Gasteiger partial charge in [0.25, 0.3) is 5.91 Å². The lowest BCUT2D eigenvalue weighted by molar-refractivity contribution is -0.131. The Hall–Kier alpha value is -2.22. The molecule has 2 aliphatic rings. The zero-order chi connectivity index (χ0) is 19.2. The van der Waals surface area contributed by atoms with E-state index in [2.05, 4.69) is 0 Å². The van der Waals surface area contributed by atoms with Crippen LogP contribution in [0.25, 0.3) is 0 Å². The van der Waals surface area contributed by atoms with Crippen LogP contribution in [0.2, 0.25) is 0 Å². The highest BCUT2D eigenvalue weighted by Crippen LogP contribution is 2.42. The number of Topliss-reactive ketones (excluding diaryl/α,β-unsaturated/α-hetero) is 1. The maximum Gasteiger partial charge on any atom is 0.290 e. The Labute approximate surface area is 151 Å². The van der Waals surface area contributed by atoms with Crippen molar-refractivity contribution >= 4 is 21.5 Å². The van der Waals surface area contributed by atoms with Crippen LogP contribution in [0.4, 0.5) is 4.39 Å². The maximum atomic E-state index is 13.8. The van der Waals surface area contributed by atoms with Crippen LogP contribution >= 0.6 is 0 Å². The molecule has 2 unspecified atom stereocenters. The summed E-state index contributed by atoms with van der Waals surface area (Å²) in [5.41, 5.74) is 0.232. The number of rotatable bonds is 4. The first-order valence-electron chi connectivity index (χ1n) is 8.38. The molecule has 0 bridgehead atoms. The Morgan fingerprint density at radius 2 is 2.04 bits per heavy atom. The Balaban J connectivity index is 2.12. The number of hydrogen-bond acceptors (Lipinski definition) is 5. The Morgan fingerprint density at radius 3 is 2.58 bits per heavy atom. The molecule has 0 radical (unpaired) electrons. The fraction of sp³-hybridized carbons (Fsp3) is 0.444. The number of nitrogens with zero attached hydrogens (tertiary/aromatic N) is 1. The van der Waals surface area contributed by atoms with Gasteiger partial charge in [-0.05, 0) is 24.1 Å². The molecule has 0 spiro atoms. The second-order valence-electron chi connectivity index (χ2n) is 7.01. The van der Waals surface area contributed by atoms with Crippen molar-refractivity contribution in [3.63, 3.8) is 0 Å². The number of hydrogen-bond donors (Lipinski definition) is 1. The van der Waals surface area contributed by atoms with Crippen LogP contribution in [0.5, 0.6) is 0 Å². The van der Waals surface area contributed by atoms with E-state index in [0.29, 0.717) is 5.56 Å². The van der Waals surface area contributed by atoms with Gasteiger partial charge in [0.1, 0.15) is 5.82 Å². The van der Waals surface area contributed by atoms with E-state index in [9.17, 15) is 27.5 Å². The summed E-state index contributed by atoms with van der Waals surface area (Å²) < 4.78 is 37.5. The summed E-state index contributed by atoms with van der Waals surface area (Å²) in [5, 5.41) is 10.4. The highest BCUT2D eigenvalue weighted by Gasteiger charge is 2.49. The largest absolute Gasteiger partial charge is 0.503 e. The van der Waals surface area contributed by atoms with Crippen molar-refractivity contribution in [3.05, 3.63) is 47.0 Å². The van der Waals surface area contributed by atoms with Crippen molar-refractivity contribution in [2.24, 2.45) is 5.92 Å². The summed E-state index contributed by atoms with van der Waals surface area (Å²) >= 11 is 0. The number of aliphatic hydroxyl groups excluding tert-OH is 1. The van der Waals surface area contributed by atoms with Gasteiger partial charge in [-0.3, -0.25) is 9.59 Å². The quantitative estimate of drug-likeness (QED) is 0.860. The molecular formula is C18H20FNO5S. The van der Waals surface area contributed by atoms with Crippen molar-refractivity contribution in [2.75, 3.05) is 11.5 Å². The van der Waals surface area contributed by atoms with Gasteiger partial charge in [0.15, 0.2) is 21.4 Å². The molecule has 0 aliphatic carbocycles. The standard InChI is InChI=1S/C18H20FNO5S/c1-10(2)16(21)14-15(11-4-3-5-12(19)8-11)20(18(23)17(14)22)13-6-7-26(24,25)9-13/h3-5,8,10,13,15,22H,6-7,9H2,1-2H3. The first-order chi connectivity index (χ1) is 12.1. The molecule has 1 aromatic rings. The fourth-order valence-electron chi connectivity index (χ4n) is 3.56. The van der Waals surface area contributed by atoms with Crippen LogP contribution in [0.3, 0.4) is 0 Å². The van der Waals surface area contributed by atoms with Gasteiger partial charge in [-0.25, -0.2) is 12.8 Å². The number of sulfone groups is 1. The lowest BCUT2D eigenvalue weighted by atomic mass is 9.91. The van der Waals surface area contributed by atoms with E-state index in [-0.39, 0.29) is 23.5 Å². The summed E-state index contributed by atoms with van der Waals surface area (Å²) in [6.45, 7) is 3.27. The SMILES string of the molecule is CC(C)C(=O)C1=C(O)C(=O)N(C2CCS(=O)(=O)C2)C1c1cccc(F)c1. The first-order valence-corrected chi connectivity index (χ1v) is 10.2. The lowest BCUT2D eigenvalue weighted by Gasteiger charge is -2.31. The van der Waals surface area contributed by atoms with Gasteiger partial charge in [-0.15, -0.1) is 0 Å². The van der Waals surface area contributed by atoms with E-state index in [4.69, 9.17) is 0 Å². The van der Waals surface area contributed by atoms with Crippen LogP contribution in [-0.2, 0) is 19.4 Å². The zero-order valence-corrected chi connectivity index (χ0v) is 15.3. The second kappa shape index (κ2) is 6.50. The summed E-state index contributed by atoms with van der Waals surface area (Å²) in [5.74, 6) is -3.21. The lowest BCUT2D eigenvalue weighted by Crippen LogP contribution is -2.41. The topological polar surface area (TPSA) is 91.8 Å². The minimum atomic E-state index is -3.29. The van der Waals surface area contributed by atoms with Crippen molar-refractivity contribution in [1.29, 1.82) is 0 Å². The van der Waals surface area contributed by atoms with Crippen LogP contribution in [0.1, 0.15) is 31.9 Å². The molecule has 1 saturated heterocycles. The predicted molar refractivity (Wildman–Crippen MR) is 92.5 cm³/mol. The van der Waals surface area contributed by atoms with Crippen LogP contribution in [-0.4, -0.2) is 47.7 Å². The molecule has 26 heavy (non-hydrogen) atoms. The van der Waals surface area contributed by atoms with Crippen LogP contribution in [0, 0.1) is 11.7 Å². The van der Waals surface area contributed by atoms with Gasteiger partial charge >= 0.3 is 0 Å². The van der Waals surface area contributed by atoms with Crippen molar-refractivity contribution in [2.45, 2.75) is 32.4 Å². The van der Waals surface area contributed by atoms with Gasteiger partial charge in [0.05, 0.1) is 23.1 Å².